The van der Waals surface area contributed by atoms with Crippen molar-refractivity contribution in [1.29, 1.82) is 0 Å². The number of amides is 1. The van der Waals surface area contributed by atoms with Crippen molar-refractivity contribution in [2.45, 2.75) is 18.6 Å². The molecule has 0 radical (unpaired) electrons. The third kappa shape index (κ3) is 2.97. The number of ether oxygens (including phenoxy) is 1. The number of rotatable bonds is 3. The predicted octanol–water partition coefficient (Wildman–Crippen LogP) is -2.00. The van der Waals surface area contributed by atoms with Gasteiger partial charge in [-0.1, -0.05) is 0 Å². The van der Waals surface area contributed by atoms with E-state index >= 15 is 0 Å². The van der Waals surface area contributed by atoms with Crippen LogP contribution in [0.2, 0.25) is 0 Å². The lowest BCUT2D eigenvalue weighted by Crippen LogP contribution is -2.42. The Kier molecular flexibility index (Phi) is 3.84. The lowest BCUT2D eigenvalue weighted by atomic mass is 10.2. The molecule has 80 valence electrons. The summed E-state index contributed by atoms with van der Waals surface area (Å²) in [5, 5.41) is 14.4. The van der Waals surface area contributed by atoms with E-state index in [1.807, 2.05) is 0 Å². The molecule has 2 unspecified atom stereocenters. The molecule has 0 aromatic carbocycles. The zero-order valence-corrected chi connectivity index (χ0v) is 7.95. The third-order valence-corrected chi connectivity index (χ3v) is 2.06. The van der Waals surface area contributed by atoms with Crippen LogP contribution in [-0.2, 0) is 14.3 Å². The number of nitrogens with one attached hydrogen (secondary N) is 2. The van der Waals surface area contributed by atoms with Crippen molar-refractivity contribution in [1.82, 2.24) is 10.6 Å². The van der Waals surface area contributed by atoms with Gasteiger partial charge in [0.15, 0.2) is 0 Å². The minimum atomic E-state index is -0.489. The standard InChI is InChI=1S/C8H14N2O4/c1-14-7(12)4-10-8(13)6-2-5(11)3-9-6/h5-6,9,11H,2-4H2,1H3,(H,10,13). The number of hydrogen-bond donors (Lipinski definition) is 3. The monoisotopic (exact) mass is 202 g/mol. The van der Waals surface area contributed by atoms with Gasteiger partial charge in [0.1, 0.15) is 6.54 Å². The largest absolute Gasteiger partial charge is 0.468 e. The maximum absolute atomic E-state index is 11.3. The first kappa shape index (κ1) is 10.9. The molecule has 6 nitrogen and oxygen atoms in total. The van der Waals surface area contributed by atoms with Gasteiger partial charge >= 0.3 is 5.97 Å². The highest BCUT2D eigenvalue weighted by atomic mass is 16.5. The van der Waals surface area contributed by atoms with Crippen LogP contribution in [0.5, 0.6) is 0 Å². The highest BCUT2D eigenvalue weighted by Crippen LogP contribution is 2.05. The molecule has 1 saturated heterocycles. The molecule has 0 aromatic heterocycles. The van der Waals surface area contributed by atoms with Crippen molar-refractivity contribution < 1.29 is 19.4 Å². The van der Waals surface area contributed by atoms with Crippen LogP contribution in [0, 0.1) is 0 Å². The average molecular weight is 202 g/mol. The van der Waals surface area contributed by atoms with Gasteiger partial charge in [-0.3, -0.25) is 9.59 Å². The van der Waals surface area contributed by atoms with Crippen LogP contribution in [0.4, 0.5) is 0 Å². The van der Waals surface area contributed by atoms with Crippen molar-refractivity contribution in [3.8, 4) is 0 Å². The Balaban J connectivity index is 2.25. The zero-order valence-electron chi connectivity index (χ0n) is 7.95. The number of carbonyl (C=O) groups excluding carboxylic acids is 2. The van der Waals surface area contributed by atoms with Gasteiger partial charge in [-0.25, -0.2) is 0 Å². The molecule has 0 aromatic rings. The number of esters is 1. The predicted molar refractivity (Wildman–Crippen MR) is 47.4 cm³/mol. The van der Waals surface area contributed by atoms with Crippen LogP contribution >= 0.6 is 0 Å². The summed E-state index contributed by atoms with van der Waals surface area (Å²) in [6.07, 6.45) is -0.101. The van der Waals surface area contributed by atoms with Crippen molar-refractivity contribution in [3.05, 3.63) is 0 Å². The Morgan fingerprint density at radius 1 is 1.64 bits per heavy atom. The average Bonchev–Trinajstić information content (AvgIpc) is 2.60. The van der Waals surface area contributed by atoms with Gasteiger partial charge in [0, 0.05) is 6.54 Å². The number of aliphatic hydroxyl groups excluding tert-OH is 1. The fourth-order valence-electron chi connectivity index (χ4n) is 1.27. The Morgan fingerprint density at radius 3 is 2.86 bits per heavy atom. The molecular weight excluding hydrogens is 188 g/mol. The van der Waals surface area contributed by atoms with E-state index in [2.05, 4.69) is 15.4 Å². The molecule has 0 aliphatic carbocycles. The summed E-state index contributed by atoms with van der Waals surface area (Å²) in [6, 6.07) is -0.408. The van der Waals surface area contributed by atoms with Gasteiger partial charge in [0.2, 0.25) is 5.91 Å². The topological polar surface area (TPSA) is 87.7 Å². The third-order valence-electron chi connectivity index (χ3n) is 2.06. The van der Waals surface area contributed by atoms with Crippen LogP contribution in [0.1, 0.15) is 6.42 Å². The molecule has 1 amide bonds. The second-order valence-corrected chi connectivity index (χ2v) is 3.14. The molecule has 0 bridgehead atoms. The Labute approximate surface area is 81.6 Å². The Bertz CT molecular complexity index is 231. The van der Waals surface area contributed by atoms with E-state index in [4.69, 9.17) is 5.11 Å². The van der Waals surface area contributed by atoms with E-state index in [1.54, 1.807) is 0 Å². The summed E-state index contributed by atoms with van der Waals surface area (Å²) >= 11 is 0. The molecule has 1 aliphatic heterocycles. The summed E-state index contributed by atoms with van der Waals surface area (Å²) in [5.41, 5.74) is 0. The first-order chi connectivity index (χ1) is 6.63. The van der Waals surface area contributed by atoms with Crippen LogP contribution in [0.15, 0.2) is 0 Å². The first-order valence-electron chi connectivity index (χ1n) is 4.39. The quantitative estimate of drug-likeness (QED) is 0.461. The van der Waals surface area contributed by atoms with Gasteiger partial charge in [-0.2, -0.15) is 0 Å². The van der Waals surface area contributed by atoms with Gasteiger partial charge in [0.05, 0.1) is 19.3 Å². The second kappa shape index (κ2) is 4.92. The molecule has 0 saturated carbocycles. The number of methoxy groups -OCH3 is 1. The van der Waals surface area contributed by atoms with Gasteiger partial charge < -0.3 is 20.5 Å². The van der Waals surface area contributed by atoms with Crippen LogP contribution in [0.3, 0.4) is 0 Å². The summed E-state index contributed by atoms with van der Waals surface area (Å²) in [7, 11) is 1.26. The molecule has 14 heavy (non-hydrogen) atoms. The van der Waals surface area contributed by atoms with Crippen molar-refractivity contribution in [2.24, 2.45) is 0 Å². The van der Waals surface area contributed by atoms with E-state index in [1.165, 1.54) is 7.11 Å². The van der Waals surface area contributed by atoms with Gasteiger partial charge in [-0.15, -0.1) is 0 Å². The van der Waals surface area contributed by atoms with E-state index in [9.17, 15) is 9.59 Å². The molecule has 3 N–H and O–H groups in total. The highest BCUT2D eigenvalue weighted by Gasteiger charge is 2.27. The molecule has 2 atom stereocenters. The smallest absolute Gasteiger partial charge is 0.325 e. The summed E-state index contributed by atoms with van der Waals surface area (Å²) in [4.78, 5) is 22.0. The van der Waals surface area contributed by atoms with Crippen LogP contribution in [-0.4, -0.2) is 49.3 Å². The molecular formula is C8H14N2O4. The van der Waals surface area contributed by atoms with Crippen molar-refractivity contribution in [2.75, 3.05) is 20.2 Å². The lowest BCUT2D eigenvalue weighted by molar-refractivity contribution is -0.141. The maximum atomic E-state index is 11.3. The fourth-order valence-corrected chi connectivity index (χ4v) is 1.27. The number of aliphatic hydroxyl groups is 1. The van der Waals surface area contributed by atoms with E-state index in [-0.39, 0.29) is 12.5 Å². The second-order valence-electron chi connectivity index (χ2n) is 3.14. The summed E-state index contributed by atoms with van der Waals surface area (Å²) in [5.74, 6) is -0.774. The molecule has 1 fully saturated rings. The molecule has 0 spiro atoms. The maximum Gasteiger partial charge on any atom is 0.325 e. The molecule has 6 heteroatoms. The number of carbonyl (C=O) groups is 2. The number of β-amino-alcohol motifs (C(OH)–C–C–N with tert-alkyl or cyclic N) is 1. The Hall–Kier alpha value is -1.14. The van der Waals surface area contributed by atoms with Gasteiger partial charge in [0.25, 0.3) is 0 Å². The molecule has 1 heterocycles. The molecule has 1 aliphatic rings. The van der Waals surface area contributed by atoms with E-state index in [0.29, 0.717) is 13.0 Å². The van der Waals surface area contributed by atoms with Crippen LogP contribution in [0.25, 0.3) is 0 Å². The van der Waals surface area contributed by atoms with Crippen LogP contribution < -0.4 is 10.6 Å². The summed E-state index contributed by atoms with van der Waals surface area (Å²) < 4.78 is 4.36. The minimum absolute atomic E-state index is 0.135. The van der Waals surface area contributed by atoms with Gasteiger partial charge in [-0.05, 0) is 6.42 Å². The fraction of sp³-hybridized carbons (Fsp3) is 0.750. The van der Waals surface area contributed by atoms with Crippen molar-refractivity contribution >= 4 is 11.9 Å². The SMILES string of the molecule is COC(=O)CNC(=O)C1CC(O)CN1. The van der Waals surface area contributed by atoms with Crippen molar-refractivity contribution in [3.63, 3.8) is 0 Å². The zero-order chi connectivity index (χ0) is 10.6. The van der Waals surface area contributed by atoms with E-state index in [0.717, 1.165) is 0 Å². The Morgan fingerprint density at radius 2 is 2.36 bits per heavy atom. The highest BCUT2D eigenvalue weighted by molar-refractivity contribution is 5.85. The van der Waals surface area contributed by atoms with E-state index < -0.39 is 18.1 Å². The first-order valence-corrected chi connectivity index (χ1v) is 4.39. The number of hydrogen-bond acceptors (Lipinski definition) is 5. The normalized spacial score (nSPS) is 25.9. The lowest BCUT2D eigenvalue weighted by Gasteiger charge is -2.09. The molecule has 1 rings (SSSR count). The summed E-state index contributed by atoms with van der Waals surface area (Å²) in [6.45, 7) is 0.278. The minimum Gasteiger partial charge on any atom is -0.468 e.